The van der Waals surface area contributed by atoms with Crippen LogP contribution in [0.4, 0.5) is 11.4 Å². The number of esters is 1. The molecule has 0 radical (unpaired) electrons. The minimum Gasteiger partial charge on any atom is -0.493 e. The SMILES string of the molecule is CCOC(=O)[C@H](Cc1ccccc1)n1c(O)c(C=Nc2ccc(NC(C)=O)cc2)sc1=S. The van der Waals surface area contributed by atoms with Gasteiger partial charge >= 0.3 is 5.97 Å². The lowest BCUT2D eigenvalue weighted by atomic mass is 10.1. The molecular weight excluding hydrogens is 446 g/mol. The molecule has 2 N–H and O–H groups in total. The van der Waals surface area contributed by atoms with E-state index in [4.69, 9.17) is 17.0 Å². The van der Waals surface area contributed by atoms with Crippen LogP contribution >= 0.6 is 23.6 Å². The van der Waals surface area contributed by atoms with Crippen LogP contribution in [0, 0.1) is 3.95 Å². The van der Waals surface area contributed by atoms with Gasteiger partial charge in [-0.1, -0.05) is 41.7 Å². The summed E-state index contributed by atoms with van der Waals surface area (Å²) in [5.41, 5.74) is 2.22. The van der Waals surface area contributed by atoms with Gasteiger partial charge in [0, 0.05) is 19.0 Å². The number of thiazole rings is 1. The first-order valence-electron chi connectivity index (χ1n) is 9.95. The molecule has 0 saturated carbocycles. The molecule has 2 aromatic carbocycles. The molecule has 0 fully saturated rings. The third-order valence-electron chi connectivity index (χ3n) is 4.50. The van der Waals surface area contributed by atoms with Gasteiger partial charge in [0.25, 0.3) is 0 Å². The molecule has 0 spiro atoms. The van der Waals surface area contributed by atoms with Gasteiger partial charge in [-0.05, 0) is 49.0 Å². The summed E-state index contributed by atoms with van der Waals surface area (Å²) in [6, 6.07) is 15.7. The predicted octanol–water partition coefficient (Wildman–Crippen LogP) is 5.04. The number of benzene rings is 2. The van der Waals surface area contributed by atoms with E-state index in [0.29, 0.717) is 26.6 Å². The van der Waals surface area contributed by atoms with Gasteiger partial charge in [0.2, 0.25) is 11.8 Å². The highest BCUT2D eigenvalue weighted by Gasteiger charge is 2.27. The number of nitrogens with one attached hydrogen (secondary N) is 1. The number of carbonyl (C=O) groups excluding carboxylic acids is 2. The lowest BCUT2D eigenvalue weighted by molar-refractivity contribution is -0.147. The number of hydrogen-bond donors (Lipinski definition) is 2. The molecule has 9 heteroatoms. The molecule has 0 unspecified atom stereocenters. The number of aliphatic imine (C=N–C) groups is 1. The van der Waals surface area contributed by atoms with Crippen LogP contribution in [-0.2, 0) is 20.7 Å². The lowest BCUT2D eigenvalue weighted by Gasteiger charge is -2.18. The highest BCUT2D eigenvalue weighted by Crippen LogP contribution is 2.31. The van der Waals surface area contributed by atoms with E-state index < -0.39 is 12.0 Å². The van der Waals surface area contributed by atoms with Crippen molar-refractivity contribution in [3.8, 4) is 5.88 Å². The molecule has 166 valence electrons. The maximum atomic E-state index is 12.7. The van der Waals surface area contributed by atoms with Crippen LogP contribution in [0.15, 0.2) is 59.6 Å². The number of aromatic nitrogens is 1. The molecular formula is C23H23N3O4S2. The van der Waals surface area contributed by atoms with Gasteiger partial charge in [-0.3, -0.25) is 14.4 Å². The van der Waals surface area contributed by atoms with Crippen molar-refractivity contribution < 1.29 is 19.4 Å². The van der Waals surface area contributed by atoms with Crippen molar-refractivity contribution >= 4 is 53.0 Å². The van der Waals surface area contributed by atoms with Crippen molar-refractivity contribution in [3.63, 3.8) is 0 Å². The Hall–Kier alpha value is -3.30. The zero-order valence-corrected chi connectivity index (χ0v) is 19.3. The Balaban J connectivity index is 1.88. The highest BCUT2D eigenvalue weighted by molar-refractivity contribution is 7.73. The Bertz CT molecular complexity index is 1170. The molecule has 0 saturated heterocycles. The van der Waals surface area contributed by atoms with Gasteiger partial charge in [0.15, 0.2) is 3.95 Å². The fourth-order valence-corrected chi connectivity index (χ4v) is 4.35. The van der Waals surface area contributed by atoms with Gasteiger partial charge in [-0.2, -0.15) is 0 Å². The summed E-state index contributed by atoms with van der Waals surface area (Å²) >= 11 is 6.62. The molecule has 3 rings (SSSR count). The Morgan fingerprint density at radius 1 is 1.22 bits per heavy atom. The van der Waals surface area contributed by atoms with Crippen molar-refractivity contribution in [1.82, 2.24) is 4.57 Å². The second-order valence-electron chi connectivity index (χ2n) is 6.87. The van der Waals surface area contributed by atoms with Crippen LogP contribution < -0.4 is 5.32 Å². The van der Waals surface area contributed by atoms with Gasteiger partial charge < -0.3 is 15.2 Å². The van der Waals surface area contributed by atoms with Crippen molar-refractivity contribution in [2.45, 2.75) is 26.3 Å². The van der Waals surface area contributed by atoms with E-state index in [9.17, 15) is 14.7 Å². The minimum atomic E-state index is -0.791. The molecule has 7 nitrogen and oxygen atoms in total. The number of aromatic hydroxyl groups is 1. The topological polar surface area (TPSA) is 92.9 Å². The number of rotatable bonds is 8. The zero-order valence-electron chi connectivity index (χ0n) is 17.6. The van der Waals surface area contributed by atoms with Gasteiger partial charge in [-0.15, -0.1) is 0 Å². The minimum absolute atomic E-state index is 0.132. The van der Waals surface area contributed by atoms with E-state index in [1.165, 1.54) is 17.7 Å². The smallest absolute Gasteiger partial charge is 0.329 e. The molecule has 1 heterocycles. The van der Waals surface area contributed by atoms with Crippen LogP contribution in [0.1, 0.15) is 30.3 Å². The molecule has 1 aromatic heterocycles. The molecule has 0 aliphatic rings. The highest BCUT2D eigenvalue weighted by atomic mass is 32.1. The van der Waals surface area contributed by atoms with Crippen molar-refractivity contribution in [2.75, 3.05) is 11.9 Å². The number of amides is 1. The van der Waals surface area contributed by atoms with E-state index in [2.05, 4.69) is 10.3 Å². The average molecular weight is 470 g/mol. The normalized spacial score (nSPS) is 11.9. The predicted molar refractivity (Wildman–Crippen MR) is 129 cm³/mol. The summed E-state index contributed by atoms with van der Waals surface area (Å²) in [6.45, 7) is 3.40. The number of hydrogen-bond acceptors (Lipinski definition) is 7. The summed E-state index contributed by atoms with van der Waals surface area (Å²) in [6.07, 6.45) is 1.84. The van der Waals surface area contributed by atoms with Crippen LogP contribution in [0.3, 0.4) is 0 Å². The lowest BCUT2D eigenvalue weighted by Crippen LogP contribution is -2.24. The standard InChI is InChI=1S/C23H23N3O4S2/c1-3-30-22(29)19(13-16-7-5-4-6-8-16)26-21(28)20(32-23(26)31)14-24-17-9-11-18(12-10-17)25-15(2)27/h4-12,14,19,28H,3,13H2,1-2H3,(H,25,27)/t19-/m0/s1. The molecule has 0 aliphatic carbocycles. The van der Waals surface area contributed by atoms with Crippen LogP contribution in [0.5, 0.6) is 5.88 Å². The fourth-order valence-electron chi connectivity index (χ4n) is 3.08. The van der Waals surface area contributed by atoms with Gasteiger partial charge in [-0.25, -0.2) is 4.79 Å². The summed E-state index contributed by atoms with van der Waals surface area (Å²) in [5.74, 6) is -0.746. The van der Waals surface area contributed by atoms with E-state index in [-0.39, 0.29) is 18.4 Å². The molecule has 32 heavy (non-hydrogen) atoms. The second kappa shape index (κ2) is 10.8. The first-order chi connectivity index (χ1) is 15.4. The first kappa shape index (κ1) is 23.4. The number of nitrogens with zero attached hydrogens (tertiary/aromatic N) is 2. The third-order valence-corrected chi connectivity index (χ3v) is 5.83. The Morgan fingerprint density at radius 2 is 1.91 bits per heavy atom. The Labute approximate surface area is 195 Å². The van der Waals surface area contributed by atoms with E-state index >= 15 is 0 Å². The summed E-state index contributed by atoms with van der Waals surface area (Å²) < 4.78 is 7.01. The Morgan fingerprint density at radius 3 is 2.53 bits per heavy atom. The average Bonchev–Trinajstić information content (AvgIpc) is 3.05. The van der Waals surface area contributed by atoms with Gasteiger partial charge in [0.1, 0.15) is 10.9 Å². The maximum absolute atomic E-state index is 12.7. The van der Waals surface area contributed by atoms with Crippen LogP contribution in [-0.4, -0.2) is 34.4 Å². The van der Waals surface area contributed by atoms with Crippen LogP contribution in [0.25, 0.3) is 0 Å². The zero-order chi connectivity index (χ0) is 23.1. The van der Waals surface area contributed by atoms with E-state index in [1.807, 2.05) is 30.3 Å². The van der Waals surface area contributed by atoms with Gasteiger partial charge in [0.05, 0.1) is 18.5 Å². The molecule has 1 amide bonds. The van der Waals surface area contributed by atoms with Crippen molar-refractivity contribution in [2.24, 2.45) is 4.99 Å². The summed E-state index contributed by atoms with van der Waals surface area (Å²) in [4.78, 5) is 28.6. The molecule has 0 bridgehead atoms. The third kappa shape index (κ3) is 5.89. The monoisotopic (exact) mass is 469 g/mol. The fraction of sp³-hybridized carbons (Fsp3) is 0.217. The first-order valence-corrected chi connectivity index (χ1v) is 11.2. The summed E-state index contributed by atoms with van der Waals surface area (Å²) in [5, 5.41) is 13.5. The quantitative estimate of drug-likeness (QED) is 0.274. The maximum Gasteiger partial charge on any atom is 0.329 e. The number of carbonyl (C=O) groups is 2. The Kier molecular flexibility index (Phi) is 7.91. The largest absolute Gasteiger partial charge is 0.493 e. The second-order valence-corrected chi connectivity index (χ2v) is 8.55. The number of anilines is 1. The number of ether oxygens (including phenoxy) is 1. The van der Waals surface area contributed by atoms with Crippen molar-refractivity contribution in [1.29, 1.82) is 0 Å². The van der Waals surface area contributed by atoms with E-state index in [1.54, 1.807) is 31.2 Å². The molecule has 3 aromatic rings. The molecule has 1 atom stereocenters. The van der Waals surface area contributed by atoms with E-state index in [0.717, 1.165) is 16.9 Å². The molecule has 0 aliphatic heterocycles. The van der Waals surface area contributed by atoms with Crippen molar-refractivity contribution in [3.05, 3.63) is 69.0 Å². The van der Waals surface area contributed by atoms with Crippen LogP contribution in [0.2, 0.25) is 0 Å². The summed E-state index contributed by atoms with van der Waals surface area (Å²) in [7, 11) is 0.